The smallest absolute Gasteiger partial charge is 0.198 e. The van der Waals surface area contributed by atoms with Gasteiger partial charge in [-0.2, -0.15) is 10.2 Å². The van der Waals surface area contributed by atoms with E-state index in [-0.39, 0.29) is 16.8 Å². The highest BCUT2D eigenvalue weighted by atomic mass is 35.5. The molecule has 0 bridgehead atoms. The number of rotatable bonds is 5. The number of nitrogens with one attached hydrogen (secondary N) is 2. The first kappa shape index (κ1) is 19.4. The average molecular weight is 418 g/mol. The molecule has 0 saturated carbocycles. The predicted molar refractivity (Wildman–Crippen MR) is 109 cm³/mol. The molecule has 4 rings (SSSR count). The summed E-state index contributed by atoms with van der Waals surface area (Å²) in [4.78, 5) is 6.70. The van der Waals surface area contributed by atoms with Crippen LogP contribution < -0.4 is 4.74 Å². The van der Waals surface area contributed by atoms with Crippen molar-refractivity contribution >= 4 is 22.5 Å². The molecule has 3 heterocycles. The molecule has 0 aliphatic heterocycles. The summed E-state index contributed by atoms with van der Waals surface area (Å²) < 4.78 is 22.2. The minimum absolute atomic E-state index is 0.0367. The molecule has 152 valence electrons. The lowest BCUT2D eigenvalue weighted by Crippen LogP contribution is -2.17. The van der Waals surface area contributed by atoms with Crippen molar-refractivity contribution in [3.05, 3.63) is 35.1 Å². The monoisotopic (exact) mass is 417 g/mol. The van der Waals surface area contributed by atoms with E-state index >= 15 is 4.39 Å². The summed E-state index contributed by atoms with van der Waals surface area (Å²) in [5.41, 5.74) is 2.52. The lowest BCUT2D eigenvalue weighted by atomic mass is 10.0. The Bertz CT molecular complexity index is 1180. The Morgan fingerprint density at radius 2 is 2.10 bits per heavy atom. The van der Waals surface area contributed by atoms with Gasteiger partial charge in [0.05, 0.1) is 30.6 Å². The van der Waals surface area contributed by atoms with Gasteiger partial charge >= 0.3 is 0 Å². The molecular formula is C19H21ClFN7O. The molecular weight excluding hydrogens is 397 g/mol. The van der Waals surface area contributed by atoms with E-state index in [1.165, 1.54) is 7.11 Å². The van der Waals surface area contributed by atoms with Crippen molar-refractivity contribution in [3.8, 4) is 28.4 Å². The van der Waals surface area contributed by atoms with Gasteiger partial charge in [-0.15, -0.1) is 0 Å². The van der Waals surface area contributed by atoms with Gasteiger partial charge in [-0.3, -0.25) is 15.1 Å². The Kier molecular flexibility index (Phi) is 4.79. The van der Waals surface area contributed by atoms with E-state index in [9.17, 15) is 0 Å². The molecule has 1 aromatic carbocycles. The molecule has 0 radical (unpaired) electrons. The van der Waals surface area contributed by atoms with Crippen molar-refractivity contribution in [2.24, 2.45) is 7.05 Å². The fraction of sp³-hybridized carbons (Fsp3) is 0.316. The van der Waals surface area contributed by atoms with Gasteiger partial charge in [-0.1, -0.05) is 11.6 Å². The van der Waals surface area contributed by atoms with Gasteiger partial charge in [0, 0.05) is 29.8 Å². The maximum Gasteiger partial charge on any atom is 0.198 e. The van der Waals surface area contributed by atoms with Crippen LogP contribution in [0.4, 0.5) is 4.39 Å². The molecule has 0 aliphatic carbocycles. The second-order valence-corrected chi connectivity index (χ2v) is 7.43. The van der Waals surface area contributed by atoms with E-state index in [0.29, 0.717) is 28.2 Å². The third-order valence-corrected chi connectivity index (χ3v) is 5.57. The molecule has 0 unspecified atom stereocenters. The number of aromatic nitrogens is 6. The third-order valence-electron chi connectivity index (χ3n) is 5.22. The number of fused-ring (bicyclic) bond motifs is 1. The fourth-order valence-corrected chi connectivity index (χ4v) is 3.64. The molecule has 0 amide bonds. The van der Waals surface area contributed by atoms with Crippen LogP contribution in [0.15, 0.2) is 18.5 Å². The maximum atomic E-state index is 15.2. The molecule has 0 fully saturated rings. The van der Waals surface area contributed by atoms with Crippen LogP contribution in [0.3, 0.4) is 0 Å². The maximum absolute atomic E-state index is 15.2. The van der Waals surface area contributed by atoms with Crippen molar-refractivity contribution in [1.82, 2.24) is 34.8 Å². The normalized spacial score (nSPS) is 12.8. The van der Waals surface area contributed by atoms with Gasteiger partial charge in [-0.05, 0) is 27.1 Å². The number of aryl methyl sites for hydroxylation is 1. The van der Waals surface area contributed by atoms with Crippen molar-refractivity contribution in [2.75, 3.05) is 21.2 Å². The predicted octanol–water partition coefficient (Wildman–Crippen LogP) is 3.78. The zero-order valence-electron chi connectivity index (χ0n) is 16.7. The molecule has 3 aromatic heterocycles. The van der Waals surface area contributed by atoms with Crippen LogP contribution in [0.1, 0.15) is 18.8 Å². The van der Waals surface area contributed by atoms with E-state index in [1.54, 1.807) is 30.1 Å². The molecule has 0 spiro atoms. The zero-order valence-corrected chi connectivity index (χ0v) is 17.5. The molecule has 2 N–H and O–H groups in total. The fourth-order valence-electron chi connectivity index (χ4n) is 3.42. The Labute approximate surface area is 171 Å². The molecule has 0 saturated heterocycles. The first-order chi connectivity index (χ1) is 13.8. The number of hydrogen-bond acceptors (Lipinski definition) is 5. The van der Waals surface area contributed by atoms with Crippen molar-refractivity contribution < 1.29 is 9.13 Å². The van der Waals surface area contributed by atoms with Crippen LogP contribution in [0.25, 0.3) is 33.5 Å². The Balaban J connectivity index is 2.05. The summed E-state index contributed by atoms with van der Waals surface area (Å²) in [6.45, 7) is 2.02. The van der Waals surface area contributed by atoms with Gasteiger partial charge in [-0.25, -0.2) is 9.37 Å². The third kappa shape index (κ3) is 2.97. The van der Waals surface area contributed by atoms with Crippen LogP contribution in [0.2, 0.25) is 5.02 Å². The first-order valence-corrected chi connectivity index (χ1v) is 9.35. The van der Waals surface area contributed by atoms with E-state index in [1.807, 2.05) is 25.9 Å². The van der Waals surface area contributed by atoms with Gasteiger partial charge in [0.15, 0.2) is 11.6 Å². The number of methoxy groups -OCH3 is 1. The minimum atomic E-state index is -0.558. The number of ether oxygens (including phenoxy) is 1. The Hall–Kier alpha value is -2.91. The lowest BCUT2D eigenvalue weighted by molar-refractivity contribution is 0.309. The van der Waals surface area contributed by atoms with E-state index in [4.69, 9.17) is 16.3 Å². The largest absolute Gasteiger partial charge is 0.495 e. The quantitative estimate of drug-likeness (QED) is 0.516. The number of hydrogen-bond donors (Lipinski definition) is 2. The van der Waals surface area contributed by atoms with Crippen LogP contribution in [-0.2, 0) is 7.05 Å². The summed E-state index contributed by atoms with van der Waals surface area (Å²) >= 11 is 6.18. The van der Waals surface area contributed by atoms with Crippen molar-refractivity contribution in [1.29, 1.82) is 0 Å². The lowest BCUT2D eigenvalue weighted by Gasteiger charge is -2.16. The van der Waals surface area contributed by atoms with Crippen LogP contribution in [0, 0.1) is 5.82 Å². The van der Waals surface area contributed by atoms with Crippen molar-refractivity contribution in [3.63, 3.8) is 0 Å². The second kappa shape index (κ2) is 7.16. The molecule has 1 atom stereocenters. The second-order valence-electron chi connectivity index (χ2n) is 7.06. The molecule has 4 aromatic rings. The molecule has 8 nitrogen and oxygen atoms in total. The Morgan fingerprint density at radius 1 is 1.34 bits per heavy atom. The number of nitrogens with zero attached hydrogens (tertiary/aromatic N) is 5. The van der Waals surface area contributed by atoms with Gasteiger partial charge < -0.3 is 9.30 Å². The van der Waals surface area contributed by atoms with Crippen LogP contribution in [0.5, 0.6) is 5.75 Å². The summed E-state index contributed by atoms with van der Waals surface area (Å²) in [6, 6.07) is 1.76. The van der Waals surface area contributed by atoms with Crippen LogP contribution >= 0.6 is 11.6 Å². The Morgan fingerprint density at radius 3 is 2.72 bits per heavy atom. The van der Waals surface area contributed by atoms with Gasteiger partial charge in [0.1, 0.15) is 16.6 Å². The van der Waals surface area contributed by atoms with Crippen molar-refractivity contribution in [2.45, 2.75) is 13.0 Å². The van der Waals surface area contributed by atoms with E-state index in [0.717, 1.165) is 11.1 Å². The van der Waals surface area contributed by atoms with Gasteiger partial charge in [0.2, 0.25) is 0 Å². The number of H-pyrrole nitrogens is 2. The highest BCUT2D eigenvalue weighted by molar-refractivity contribution is 6.33. The molecule has 10 heteroatoms. The van der Waals surface area contributed by atoms with Crippen LogP contribution in [-0.4, -0.2) is 56.1 Å². The first-order valence-electron chi connectivity index (χ1n) is 8.97. The summed E-state index contributed by atoms with van der Waals surface area (Å²) in [5.74, 6) is 0.870. The van der Waals surface area contributed by atoms with E-state index < -0.39 is 5.82 Å². The van der Waals surface area contributed by atoms with E-state index in [2.05, 4.69) is 25.4 Å². The average Bonchev–Trinajstić information content (AvgIpc) is 3.42. The van der Waals surface area contributed by atoms with Gasteiger partial charge in [0.25, 0.3) is 0 Å². The number of aromatic amines is 2. The number of benzene rings is 1. The molecule has 29 heavy (non-hydrogen) atoms. The zero-order chi connectivity index (χ0) is 20.9. The molecule has 0 aliphatic rings. The summed E-state index contributed by atoms with van der Waals surface area (Å²) in [5, 5.41) is 14.8. The highest BCUT2D eigenvalue weighted by Crippen LogP contribution is 2.44. The number of halogens is 2. The highest BCUT2D eigenvalue weighted by Gasteiger charge is 2.27. The standard InChI is InChI=1S/C19H21ClFN7O/c1-9(27(2)3)18-24-19(26-25-18)17-13(10-7-22-23-8-10)11-6-12(29-5)14(20)15(21)16(11)28(17)4/h6-9H,1-5H3,(H,22,23)(H,24,25,26)/t9-/m0/s1. The summed E-state index contributed by atoms with van der Waals surface area (Å²) in [6.07, 6.45) is 3.42. The summed E-state index contributed by atoms with van der Waals surface area (Å²) in [7, 11) is 7.14. The topological polar surface area (TPSA) is 87.7 Å². The SMILES string of the molecule is COc1cc2c(-c3cn[nH]c3)c(-c3n[nH]c([C@H](C)N(C)C)n3)n(C)c2c(F)c1Cl. The minimum Gasteiger partial charge on any atom is -0.495 e.